The smallest absolute Gasteiger partial charge is 0.335 e. The molecule has 0 saturated heterocycles. The van der Waals surface area contributed by atoms with Gasteiger partial charge in [-0.25, -0.2) is 14.7 Å². The number of hydrogen-bond donors (Lipinski definition) is 6. The lowest BCUT2D eigenvalue weighted by Crippen LogP contribution is -2.39. The van der Waals surface area contributed by atoms with Crippen molar-refractivity contribution in [2.45, 2.75) is 19.1 Å². The zero-order chi connectivity index (χ0) is 19.1. The maximum Gasteiger partial charge on any atom is 0.335 e. The largest absolute Gasteiger partial charge is 0.479 e. The molecule has 1 aromatic carbocycles. The quantitative estimate of drug-likeness (QED) is 0.383. The maximum atomic E-state index is 11.0. The van der Waals surface area contributed by atoms with Gasteiger partial charge >= 0.3 is 11.9 Å². The highest BCUT2D eigenvalue weighted by molar-refractivity contribution is 5.83. The molecular formula is C15H17N3O7. The summed E-state index contributed by atoms with van der Waals surface area (Å²) in [5.74, 6) is -3.54. The van der Waals surface area contributed by atoms with Crippen LogP contribution in [-0.2, 0) is 9.59 Å². The second kappa shape index (κ2) is 8.57. The number of aromatic amines is 1. The molecule has 2 aromatic rings. The van der Waals surface area contributed by atoms with Crippen molar-refractivity contribution in [2.24, 2.45) is 0 Å². The molecule has 0 amide bonds. The molecule has 0 spiro atoms. The van der Waals surface area contributed by atoms with Crippen molar-refractivity contribution in [2.75, 3.05) is 5.73 Å². The average molecular weight is 351 g/mol. The molecule has 1 aromatic heterocycles. The third-order valence-corrected chi connectivity index (χ3v) is 2.99. The molecule has 0 bridgehead atoms. The fourth-order valence-electron chi connectivity index (χ4n) is 1.70. The number of carboxylic acids is 2. The van der Waals surface area contributed by atoms with Gasteiger partial charge in [0.1, 0.15) is 0 Å². The van der Waals surface area contributed by atoms with Crippen molar-refractivity contribution in [3.8, 4) is 11.3 Å². The van der Waals surface area contributed by atoms with Gasteiger partial charge < -0.3 is 26.2 Å². The Morgan fingerprint density at radius 3 is 1.96 bits per heavy atom. The van der Waals surface area contributed by atoms with Gasteiger partial charge in [0.15, 0.2) is 12.2 Å². The predicted molar refractivity (Wildman–Crippen MR) is 86.7 cm³/mol. The van der Waals surface area contributed by atoms with E-state index in [9.17, 15) is 14.4 Å². The summed E-state index contributed by atoms with van der Waals surface area (Å²) in [6, 6.07) is 8.90. The number of aliphatic hydroxyl groups excluding tert-OH is 2. The maximum absolute atomic E-state index is 11.0. The van der Waals surface area contributed by atoms with Gasteiger partial charge in [0.05, 0.1) is 5.69 Å². The first-order chi connectivity index (χ1) is 11.6. The van der Waals surface area contributed by atoms with Crippen molar-refractivity contribution in [3.63, 3.8) is 0 Å². The first-order valence-corrected chi connectivity index (χ1v) is 6.87. The minimum Gasteiger partial charge on any atom is -0.479 e. The Labute approximate surface area is 141 Å². The van der Waals surface area contributed by atoms with E-state index < -0.39 is 24.1 Å². The summed E-state index contributed by atoms with van der Waals surface area (Å²) in [7, 11) is 0. The molecular weight excluding hydrogens is 334 g/mol. The van der Waals surface area contributed by atoms with Crippen LogP contribution in [0.25, 0.3) is 11.3 Å². The Hall–Kier alpha value is -3.24. The second-order valence-corrected chi connectivity index (χ2v) is 4.95. The molecule has 0 aliphatic carbocycles. The van der Waals surface area contributed by atoms with Crippen molar-refractivity contribution < 1.29 is 30.0 Å². The normalized spacial score (nSPS) is 12.4. The number of nitrogens with two attached hydrogens (primary N) is 1. The van der Waals surface area contributed by atoms with Gasteiger partial charge in [-0.15, -0.1) is 0 Å². The van der Waals surface area contributed by atoms with E-state index in [1.807, 2.05) is 31.2 Å². The van der Waals surface area contributed by atoms with Crippen molar-refractivity contribution in [1.82, 2.24) is 10.2 Å². The summed E-state index contributed by atoms with van der Waals surface area (Å²) in [5, 5.41) is 38.9. The summed E-state index contributed by atoms with van der Waals surface area (Å²) >= 11 is 0. The number of nitrogens with zero attached hydrogens (tertiary/aromatic N) is 1. The van der Waals surface area contributed by atoms with Crippen LogP contribution in [0.5, 0.6) is 0 Å². The molecule has 2 unspecified atom stereocenters. The molecule has 134 valence electrons. The van der Waals surface area contributed by atoms with E-state index in [0.29, 0.717) is 5.69 Å². The topological polar surface area (TPSA) is 187 Å². The van der Waals surface area contributed by atoms with Gasteiger partial charge in [-0.2, -0.15) is 5.10 Å². The van der Waals surface area contributed by atoms with Crippen LogP contribution in [0.4, 0.5) is 5.69 Å². The predicted octanol–water partition coefficient (Wildman–Crippen LogP) is -0.795. The lowest BCUT2D eigenvalue weighted by atomic mass is 10.1. The number of nitrogen functional groups attached to an aromatic ring is 1. The van der Waals surface area contributed by atoms with Crippen LogP contribution < -0.4 is 11.3 Å². The molecule has 2 rings (SSSR count). The van der Waals surface area contributed by atoms with Crippen LogP contribution in [0.1, 0.15) is 5.56 Å². The SMILES string of the molecule is Cc1cc(=O)[nH]nc1-c1ccc(N)cc1.O=C(O)C(O)C(O)C(=O)O. The van der Waals surface area contributed by atoms with Crippen LogP contribution in [-0.4, -0.2) is 54.8 Å². The average Bonchev–Trinajstić information content (AvgIpc) is 2.55. The Kier molecular flexibility index (Phi) is 6.79. The highest BCUT2D eigenvalue weighted by atomic mass is 16.4. The molecule has 25 heavy (non-hydrogen) atoms. The molecule has 1 heterocycles. The third kappa shape index (κ3) is 5.71. The van der Waals surface area contributed by atoms with Crippen molar-refractivity contribution in [3.05, 3.63) is 46.2 Å². The third-order valence-electron chi connectivity index (χ3n) is 2.99. The number of anilines is 1. The Balaban J connectivity index is 0.000000275. The van der Waals surface area contributed by atoms with Gasteiger partial charge in [-0.1, -0.05) is 12.1 Å². The van der Waals surface area contributed by atoms with Crippen LogP contribution in [0.15, 0.2) is 35.1 Å². The standard InChI is InChI=1S/C11H11N3O.C4H6O6/c1-7-6-10(15)13-14-11(7)8-2-4-9(12)5-3-8;5-1(3(7)8)2(6)4(9)10/h2-6H,12H2,1H3,(H,13,15);1-2,5-6H,(H,7,8)(H,9,10). The summed E-state index contributed by atoms with van der Waals surface area (Å²) in [6.45, 7) is 1.86. The van der Waals surface area contributed by atoms with Crippen LogP contribution >= 0.6 is 0 Å². The van der Waals surface area contributed by atoms with Gasteiger partial charge in [0.25, 0.3) is 5.56 Å². The number of aliphatic carboxylic acids is 2. The van der Waals surface area contributed by atoms with Crippen LogP contribution in [0.3, 0.4) is 0 Å². The minimum atomic E-state index is -2.27. The number of carboxylic acid groups (broad SMARTS) is 2. The summed E-state index contributed by atoms with van der Waals surface area (Å²) in [4.78, 5) is 30.5. The van der Waals surface area contributed by atoms with Crippen LogP contribution in [0.2, 0.25) is 0 Å². The number of hydrogen-bond acceptors (Lipinski definition) is 7. The van der Waals surface area contributed by atoms with E-state index >= 15 is 0 Å². The molecule has 0 radical (unpaired) electrons. The minimum absolute atomic E-state index is 0.188. The zero-order valence-electron chi connectivity index (χ0n) is 13.1. The molecule has 7 N–H and O–H groups in total. The number of aryl methyl sites for hydroxylation is 1. The lowest BCUT2D eigenvalue weighted by Gasteiger charge is -2.07. The number of H-pyrrole nitrogens is 1. The second-order valence-electron chi connectivity index (χ2n) is 4.95. The molecule has 0 aliphatic heterocycles. The number of nitrogens with one attached hydrogen (secondary N) is 1. The Morgan fingerprint density at radius 2 is 1.56 bits per heavy atom. The number of carbonyl (C=O) groups is 2. The molecule has 2 atom stereocenters. The molecule has 10 nitrogen and oxygen atoms in total. The number of aromatic nitrogens is 2. The monoisotopic (exact) mass is 351 g/mol. The summed E-state index contributed by atoms with van der Waals surface area (Å²) in [5.41, 5.74) is 8.68. The van der Waals surface area contributed by atoms with Gasteiger partial charge in [-0.3, -0.25) is 4.79 Å². The molecule has 0 fully saturated rings. The molecule has 0 saturated carbocycles. The lowest BCUT2D eigenvalue weighted by molar-refractivity contribution is -0.165. The zero-order valence-corrected chi connectivity index (χ0v) is 13.1. The number of aliphatic hydroxyl groups is 2. The van der Waals surface area contributed by atoms with Crippen LogP contribution in [0, 0.1) is 6.92 Å². The van der Waals surface area contributed by atoms with E-state index in [0.717, 1.165) is 16.8 Å². The fraction of sp³-hybridized carbons (Fsp3) is 0.200. The number of benzene rings is 1. The van der Waals surface area contributed by atoms with E-state index in [-0.39, 0.29) is 5.56 Å². The Morgan fingerprint density at radius 1 is 1.08 bits per heavy atom. The van der Waals surface area contributed by atoms with E-state index in [4.69, 9.17) is 26.2 Å². The fourth-order valence-corrected chi connectivity index (χ4v) is 1.70. The summed E-state index contributed by atoms with van der Waals surface area (Å²) < 4.78 is 0. The van der Waals surface area contributed by atoms with Crippen molar-refractivity contribution in [1.29, 1.82) is 0 Å². The molecule has 10 heteroatoms. The van der Waals surface area contributed by atoms with E-state index in [1.54, 1.807) is 0 Å². The van der Waals surface area contributed by atoms with E-state index in [2.05, 4.69) is 10.2 Å². The first kappa shape index (κ1) is 19.8. The first-order valence-electron chi connectivity index (χ1n) is 6.87. The van der Waals surface area contributed by atoms with Gasteiger partial charge in [0.2, 0.25) is 0 Å². The Bertz CT molecular complexity index is 784. The highest BCUT2D eigenvalue weighted by Crippen LogP contribution is 2.19. The number of rotatable bonds is 4. The van der Waals surface area contributed by atoms with Gasteiger partial charge in [-0.05, 0) is 24.6 Å². The molecule has 0 aliphatic rings. The van der Waals surface area contributed by atoms with Gasteiger partial charge in [0, 0.05) is 17.3 Å². The summed E-state index contributed by atoms with van der Waals surface area (Å²) in [6.07, 6.45) is -4.53. The van der Waals surface area contributed by atoms with E-state index in [1.165, 1.54) is 6.07 Å². The van der Waals surface area contributed by atoms with Crippen molar-refractivity contribution >= 4 is 17.6 Å². The highest BCUT2D eigenvalue weighted by Gasteiger charge is 2.29.